The fourth-order valence-electron chi connectivity index (χ4n) is 1.94. The molecule has 0 radical (unpaired) electrons. The predicted molar refractivity (Wildman–Crippen MR) is 83.6 cm³/mol. The van der Waals surface area contributed by atoms with Crippen molar-refractivity contribution < 1.29 is 0 Å². The van der Waals surface area contributed by atoms with Crippen LogP contribution in [0.25, 0.3) is 11.3 Å². The van der Waals surface area contributed by atoms with Gasteiger partial charge in [-0.3, -0.25) is 0 Å². The molecule has 0 bridgehead atoms. The Morgan fingerprint density at radius 1 is 1.16 bits per heavy atom. The summed E-state index contributed by atoms with van der Waals surface area (Å²) in [6.45, 7) is 4.21. The summed E-state index contributed by atoms with van der Waals surface area (Å²) < 4.78 is 0. The highest BCUT2D eigenvalue weighted by Crippen LogP contribution is 2.26. The normalized spacial score (nSPS) is 10.5. The largest absolute Gasteiger partial charge is 0.373 e. The molecule has 0 aliphatic rings. The van der Waals surface area contributed by atoms with E-state index in [2.05, 4.69) is 36.3 Å². The first-order chi connectivity index (χ1) is 9.26. The second-order valence-corrected chi connectivity index (χ2v) is 5.49. The van der Waals surface area contributed by atoms with Crippen LogP contribution in [0.15, 0.2) is 30.3 Å². The number of nitrogens with zero attached hydrogens (tertiary/aromatic N) is 2. The highest BCUT2D eigenvalue weighted by atomic mass is 32.2. The van der Waals surface area contributed by atoms with Gasteiger partial charge in [0.05, 0.1) is 11.4 Å². The van der Waals surface area contributed by atoms with Crippen LogP contribution in [0, 0.1) is 6.92 Å². The quantitative estimate of drug-likeness (QED) is 0.900. The van der Waals surface area contributed by atoms with Crippen LogP contribution in [-0.2, 0) is 5.75 Å². The highest BCUT2D eigenvalue weighted by molar-refractivity contribution is 7.98. The van der Waals surface area contributed by atoms with Crippen LogP contribution in [0.3, 0.4) is 0 Å². The standard InChI is InChI=1S/C15H19N3S/c1-4-19-10-13-17-14(11(2)15(16-3)18-13)12-8-6-5-7-9-12/h5-9H,4,10H2,1-3H3,(H,16,17,18). The molecule has 4 heteroatoms. The molecular weight excluding hydrogens is 254 g/mol. The summed E-state index contributed by atoms with van der Waals surface area (Å²) in [6.07, 6.45) is 0. The third kappa shape index (κ3) is 3.26. The molecule has 0 atom stereocenters. The first-order valence-corrected chi connectivity index (χ1v) is 7.60. The molecule has 1 heterocycles. The van der Waals surface area contributed by atoms with Gasteiger partial charge in [-0.2, -0.15) is 11.8 Å². The van der Waals surface area contributed by atoms with E-state index < -0.39 is 0 Å². The van der Waals surface area contributed by atoms with Crippen LogP contribution in [-0.4, -0.2) is 22.8 Å². The molecule has 2 rings (SSSR count). The molecule has 0 saturated heterocycles. The summed E-state index contributed by atoms with van der Waals surface area (Å²) in [4.78, 5) is 9.29. The van der Waals surface area contributed by atoms with Gasteiger partial charge in [-0.1, -0.05) is 37.3 Å². The third-order valence-electron chi connectivity index (χ3n) is 2.91. The maximum absolute atomic E-state index is 4.72. The lowest BCUT2D eigenvalue weighted by atomic mass is 10.1. The van der Waals surface area contributed by atoms with Gasteiger partial charge in [-0.25, -0.2) is 9.97 Å². The Morgan fingerprint density at radius 3 is 2.53 bits per heavy atom. The molecule has 0 amide bonds. The van der Waals surface area contributed by atoms with Crippen LogP contribution in [0.2, 0.25) is 0 Å². The van der Waals surface area contributed by atoms with Gasteiger partial charge in [0, 0.05) is 18.2 Å². The number of thioether (sulfide) groups is 1. The molecule has 1 aromatic carbocycles. The fraction of sp³-hybridized carbons (Fsp3) is 0.333. The van der Waals surface area contributed by atoms with Crippen molar-refractivity contribution in [1.29, 1.82) is 0 Å². The Morgan fingerprint density at radius 2 is 1.89 bits per heavy atom. The molecular formula is C15H19N3S. The molecule has 0 aliphatic heterocycles. The average molecular weight is 273 g/mol. The van der Waals surface area contributed by atoms with Gasteiger partial charge in [0.15, 0.2) is 0 Å². The van der Waals surface area contributed by atoms with Gasteiger partial charge in [0.25, 0.3) is 0 Å². The maximum atomic E-state index is 4.72. The summed E-state index contributed by atoms with van der Waals surface area (Å²) in [6, 6.07) is 10.3. The maximum Gasteiger partial charge on any atom is 0.141 e. The molecule has 0 fully saturated rings. The zero-order chi connectivity index (χ0) is 13.7. The van der Waals surface area contributed by atoms with Gasteiger partial charge < -0.3 is 5.32 Å². The molecule has 3 nitrogen and oxygen atoms in total. The minimum atomic E-state index is 0.852. The Kier molecular flexibility index (Phi) is 4.80. The number of aromatic nitrogens is 2. The Balaban J connectivity index is 2.46. The number of anilines is 1. The Labute approximate surface area is 118 Å². The number of benzene rings is 1. The van der Waals surface area contributed by atoms with Crippen LogP contribution >= 0.6 is 11.8 Å². The van der Waals surface area contributed by atoms with Gasteiger partial charge in [-0.15, -0.1) is 0 Å². The van der Waals surface area contributed by atoms with Crippen LogP contribution in [0.5, 0.6) is 0 Å². The molecule has 1 aromatic heterocycles. The third-order valence-corrected chi connectivity index (χ3v) is 3.78. The van der Waals surface area contributed by atoms with E-state index in [9.17, 15) is 0 Å². The minimum absolute atomic E-state index is 0.852. The summed E-state index contributed by atoms with van der Waals surface area (Å²) in [5.41, 5.74) is 3.26. The molecule has 0 aliphatic carbocycles. The molecule has 100 valence electrons. The lowest BCUT2D eigenvalue weighted by Gasteiger charge is -2.12. The molecule has 19 heavy (non-hydrogen) atoms. The van der Waals surface area contributed by atoms with Crippen molar-refractivity contribution in [3.05, 3.63) is 41.7 Å². The van der Waals surface area contributed by atoms with Gasteiger partial charge >= 0.3 is 0 Å². The zero-order valence-electron chi connectivity index (χ0n) is 11.6. The number of rotatable bonds is 5. The molecule has 2 aromatic rings. The van der Waals surface area contributed by atoms with E-state index in [1.54, 1.807) is 0 Å². The molecule has 0 unspecified atom stereocenters. The fourth-order valence-corrected chi connectivity index (χ4v) is 2.46. The Bertz CT molecular complexity index is 541. The van der Waals surface area contributed by atoms with E-state index >= 15 is 0 Å². The molecule has 0 saturated carbocycles. The summed E-state index contributed by atoms with van der Waals surface area (Å²) >= 11 is 1.84. The summed E-state index contributed by atoms with van der Waals surface area (Å²) in [5.74, 6) is 3.74. The number of hydrogen-bond acceptors (Lipinski definition) is 4. The lowest BCUT2D eigenvalue weighted by Crippen LogP contribution is -2.04. The monoisotopic (exact) mass is 273 g/mol. The second kappa shape index (κ2) is 6.57. The molecule has 1 N–H and O–H groups in total. The number of hydrogen-bond donors (Lipinski definition) is 1. The van der Waals surface area contributed by atoms with Crippen molar-refractivity contribution in [3.8, 4) is 11.3 Å². The van der Waals surface area contributed by atoms with Crippen LogP contribution in [0.1, 0.15) is 18.3 Å². The van der Waals surface area contributed by atoms with E-state index in [4.69, 9.17) is 4.98 Å². The van der Waals surface area contributed by atoms with Crippen molar-refractivity contribution in [2.75, 3.05) is 18.1 Å². The first kappa shape index (κ1) is 13.9. The van der Waals surface area contributed by atoms with E-state index in [1.165, 1.54) is 0 Å². The van der Waals surface area contributed by atoms with Crippen LogP contribution < -0.4 is 5.32 Å². The predicted octanol–water partition coefficient (Wildman–Crippen LogP) is 3.75. The van der Waals surface area contributed by atoms with Crippen molar-refractivity contribution in [1.82, 2.24) is 9.97 Å². The van der Waals surface area contributed by atoms with E-state index in [-0.39, 0.29) is 0 Å². The van der Waals surface area contributed by atoms with Crippen molar-refractivity contribution in [2.24, 2.45) is 0 Å². The molecule has 0 spiro atoms. The van der Waals surface area contributed by atoms with Crippen molar-refractivity contribution in [2.45, 2.75) is 19.6 Å². The van der Waals surface area contributed by atoms with Gasteiger partial charge in [-0.05, 0) is 12.7 Å². The average Bonchev–Trinajstić information content (AvgIpc) is 2.47. The first-order valence-electron chi connectivity index (χ1n) is 6.44. The Hall–Kier alpha value is -1.55. The zero-order valence-corrected chi connectivity index (χ0v) is 12.4. The smallest absolute Gasteiger partial charge is 0.141 e. The van der Waals surface area contributed by atoms with Gasteiger partial charge in [0.2, 0.25) is 0 Å². The lowest BCUT2D eigenvalue weighted by molar-refractivity contribution is 1.02. The SMILES string of the molecule is CCSCc1nc(NC)c(C)c(-c2ccccc2)n1. The minimum Gasteiger partial charge on any atom is -0.373 e. The van der Waals surface area contributed by atoms with E-state index in [0.29, 0.717) is 0 Å². The van der Waals surface area contributed by atoms with E-state index in [0.717, 1.165) is 40.0 Å². The van der Waals surface area contributed by atoms with Crippen molar-refractivity contribution >= 4 is 17.6 Å². The summed E-state index contributed by atoms with van der Waals surface area (Å²) in [7, 11) is 1.90. The highest BCUT2D eigenvalue weighted by Gasteiger charge is 2.11. The second-order valence-electron chi connectivity index (χ2n) is 4.22. The topological polar surface area (TPSA) is 37.8 Å². The van der Waals surface area contributed by atoms with E-state index in [1.807, 2.05) is 37.0 Å². The van der Waals surface area contributed by atoms with Crippen molar-refractivity contribution in [3.63, 3.8) is 0 Å². The van der Waals surface area contributed by atoms with Gasteiger partial charge in [0.1, 0.15) is 11.6 Å². The number of nitrogens with one attached hydrogen (secondary N) is 1. The van der Waals surface area contributed by atoms with Crippen LogP contribution in [0.4, 0.5) is 5.82 Å². The summed E-state index contributed by atoms with van der Waals surface area (Å²) in [5, 5.41) is 3.16.